The highest BCUT2D eigenvalue weighted by atomic mass is 16.2. The smallest absolute Gasteiger partial charge is 0.325 e. The summed E-state index contributed by atoms with van der Waals surface area (Å²) in [4.78, 5) is 48.6. The van der Waals surface area contributed by atoms with Crippen LogP contribution >= 0.6 is 0 Å². The molecule has 1 aliphatic heterocycles. The first kappa shape index (κ1) is 18.4. The largest absolute Gasteiger partial charge is 0.366 e. The number of amides is 5. The number of nitrogens with one attached hydrogen (secondary N) is 2. The first-order valence-corrected chi connectivity index (χ1v) is 7.96. The van der Waals surface area contributed by atoms with Crippen molar-refractivity contribution in [1.29, 1.82) is 0 Å². The number of carbonyl (C=O) groups is 4. The van der Waals surface area contributed by atoms with E-state index in [1.807, 2.05) is 13.8 Å². The molecule has 0 aromatic heterocycles. The molecule has 1 aromatic carbocycles. The lowest BCUT2D eigenvalue weighted by molar-refractivity contribution is -0.133. The summed E-state index contributed by atoms with van der Waals surface area (Å²) in [5.41, 5.74) is 4.91. The summed E-state index contributed by atoms with van der Waals surface area (Å²) in [5, 5.41) is 5.24. The highest BCUT2D eigenvalue weighted by Crippen LogP contribution is 2.24. The van der Waals surface area contributed by atoms with Gasteiger partial charge in [-0.25, -0.2) is 4.79 Å². The van der Waals surface area contributed by atoms with Crippen molar-refractivity contribution in [3.63, 3.8) is 0 Å². The third kappa shape index (κ3) is 4.14. The molecular formula is C17H22N4O4. The molecule has 5 amide bonds. The van der Waals surface area contributed by atoms with Gasteiger partial charge in [0, 0.05) is 11.3 Å². The molecule has 1 fully saturated rings. The van der Waals surface area contributed by atoms with Crippen LogP contribution in [-0.4, -0.2) is 40.7 Å². The lowest BCUT2D eigenvalue weighted by Gasteiger charge is -2.23. The van der Waals surface area contributed by atoms with E-state index in [4.69, 9.17) is 5.73 Å². The quantitative estimate of drug-likeness (QED) is 0.667. The second-order valence-corrected chi connectivity index (χ2v) is 6.74. The molecule has 0 unspecified atom stereocenters. The van der Waals surface area contributed by atoms with Gasteiger partial charge < -0.3 is 16.4 Å². The van der Waals surface area contributed by atoms with Crippen molar-refractivity contribution in [2.75, 3.05) is 11.9 Å². The number of nitrogens with zero attached hydrogens (tertiary/aromatic N) is 1. The Balaban J connectivity index is 2.01. The van der Waals surface area contributed by atoms with Gasteiger partial charge in [0.15, 0.2) is 0 Å². The summed E-state index contributed by atoms with van der Waals surface area (Å²) in [6, 6.07) is 5.42. The van der Waals surface area contributed by atoms with Gasteiger partial charge in [0.2, 0.25) is 11.8 Å². The van der Waals surface area contributed by atoms with E-state index in [1.165, 1.54) is 24.3 Å². The normalized spacial score (nSPS) is 19.9. The fourth-order valence-electron chi connectivity index (χ4n) is 2.91. The van der Waals surface area contributed by atoms with Gasteiger partial charge in [-0.15, -0.1) is 0 Å². The number of imide groups is 1. The molecule has 0 radical (unpaired) electrons. The minimum Gasteiger partial charge on any atom is -0.366 e. The highest BCUT2D eigenvalue weighted by Gasteiger charge is 2.48. The predicted molar refractivity (Wildman–Crippen MR) is 91.7 cm³/mol. The monoisotopic (exact) mass is 346 g/mol. The van der Waals surface area contributed by atoms with Crippen molar-refractivity contribution in [3.8, 4) is 0 Å². The average Bonchev–Trinajstić information content (AvgIpc) is 2.70. The van der Waals surface area contributed by atoms with Gasteiger partial charge in [-0.1, -0.05) is 13.8 Å². The van der Waals surface area contributed by atoms with Gasteiger partial charge in [0.05, 0.1) is 0 Å². The Bertz CT molecular complexity index is 714. The second-order valence-electron chi connectivity index (χ2n) is 6.74. The number of anilines is 1. The first-order chi connectivity index (χ1) is 11.6. The highest BCUT2D eigenvalue weighted by molar-refractivity contribution is 6.10. The van der Waals surface area contributed by atoms with E-state index in [0.717, 1.165) is 4.90 Å². The number of hydrogen-bond donors (Lipinski definition) is 3. The Morgan fingerprint density at radius 1 is 1.24 bits per heavy atom. The summed E-state index contributed by atoms with van der Waals surface area (Å²) in [6.07, 6.45) is 0.490. The minimum absolute atomic E-state index is 0.215. The molecule has 8 nitrogen and oxygen atoms in total. The van der Waals surface area contributed by atoms with Crippen molar-refractivity contribution in [2.45, 2.75) is 32.7 Å². The maximum absolute atomic E-state index is 12.5. The number of benzene rings is 1. The number of carbonyl (C=O) groups excluding carboxylic acids is 4. The summed E-state index contributed by atoms with van der Waals surface area (Å²) in [5.74, 6) is -1.28. The molecule has 134 valence electrons. The molecule has 0 aliphatic carbocycles. The molecule has 0 spiro atoms. The van der Waals surface area contributed by atoms with Crippen LogP contribution in [0, 0.1) is 5.92 Å². The Morgan fingerprint density at radius 2 is 1.84 bits per heavy atom. The summed E-state index contributed by atoms with van der Waals surface area (Å²) >= 11 is 0. The fourth-order valence-corrected chi connectivity index (χ4v) is 2.91. The van der Waals surface area contributed by atoms with Crippen LogP contribution in [0.3, 0.4) is 0 Å². The molecule has 25 heavy (non-hydrogen) atoms. The maximum Gasteiger partial charge on any atom is 0.325 e. The van der Waals surface area contributed by atoms with Crippen molar-refractivity contribution in [1.82, 2.24) is 10.2 Å². The lowest BCUT2D eigenvalue weighted by Crippen LogP contribution is -2.45. The zero-order valence-corrected chi connectivity index (χ0v) is 14.5. The van der Waals surface area contributed by atoms with Crippen LogP contribution in [0.4, 0.5) is 10.5 Å². The fraction of sp³-hybridized carbons (Fsp3) is 0.412. The van der Waals surface area contributed by atoms with E-state index in [0.29, 0.717) is 17.7 Å². The van der Waals surface area contributed by atoms with Crippen LogP contribution in [0.25, 0.3) is 0 Å². The van der Waals surface area contributed by atoms with Gasteiger partial charge in [-0.05, 0) is 43.5 Å². The van der Waals surface area contributed by atoms with Crippen LogP contribution in [0.15, 0.2) is 24.3 Å². The summed E-state index contributed by atoms with van der Waals surface area (Å²) < 4.78 is 0. The van der Waals surface area contributed by atoms with Crippen molar-refractivity contribution >= 4 is 29.4 Å². The molecule has 0 bridgehead atoms. The van der Waals surface area contributed by atoms with Gasteiger partial charge >= 0.3 is 6.03 Å². The molecular weight excluding hydrogens is 324 g/mol. The zero-order valence-electron chi connectivity index (χ0n) is 14.5. The third-order valence-electron chi connectivity index (χ3n) is 3.92. The molecule has 1 atom stereocenters. The van der Waals surface area contributed by atoms with Crippen LogP contribution in [0.1, 0.15) is 37.6 Å². The zero-order chi connectivity index (χ0) is 18.8. The Labute approximate surface area is 145 Å². The Kier molecular flexibility index (Phi) is 5.10. The first-order valence-electron chi connectivity index (χ1n) is 7.96. The minimum atomic E-state index is -0.991. The SMILES string of the molecule is CC(C)C[C@@]1(C)NC(=O)N(CC(=O)Nc2ccc(C(N)=O)cc2)C1=O. The van der Waals surface area contributed by atoms with Gasteiger partial charge in [-0.3, -0.25) is 19.3 Å². The van der Waals surface area contributed by atoms with E-state index in [-0.39, 0.29) is 12.5 Å². The number of nitrogens with two attached hydrogens (primary N) is 1. The number of primary amides is 1. The second kappa shape index (κ2) is 6.92. The predicted octanol–water partition coefficient (Wildman–Crippen LogP) is 1.08. The van der Waals surface area contributed by atoms with Crippen LogP contribution in [-0.2, 0) is 9.59 Å². The maximum atomic E-state index is 12.5. The van der Waals surface area contributed by atoms with Crippen molar-refractivity contribution in [2.24, 2.45) is 11.7 Å². The van der Waals surface area contributed by atoms with Gasteiger partial charge in [-0.2, -0.15) is 0 Å². The molecule has 1 aliphatic rings. The van der Waals surface area contributed by atoms with Crippen molar-refractivity contribution in [3.05, 3.63) is 29.8 Å². The average molecular weight is 346 g/mol. The molecule has 1 aromatic rings. The van der Waals surface area contributed by atoms with E-state index in [9.17, 15) is 19.2 Å². The van der Waals surface area contributed by atoms with Gasteiger partial charge in [0.25, 0.3) is 5.91 Å². The van der Waals surface area contributed by atoms with E-state index < -0.39 is 29.3 Å². The van der Waals surface area contributed by atoms with Gasteiger partial charge in [0.1, 0.15) is 12.1 Å². The van der Waals surface area contributed by atoms with Crippen LogP contribution < -0.4 is 16.4 Å². The molecule has 1 heterocycles. The Morgan fingerprint density at radius 3 is 2.36 bits per heavy atom. The summed E-state index contributed by atoms with van der Waals surface area (Å²) in [6.45, 7) is 5.19. The number of rotatable bonds is 6. The van der Waals surface area contributed by atoms with E-state index >= 15 is 0 Å². The summed E-state index contributed by atoms with van der Waals surface area (Å²) in [7, 11) is 0. The third-order valence-corrected chi connectivity index (χ3v) is 3.92. The number of urea groups is 1. The van der Waals surface area contributed by atoms with Crippen LogP contribution in [0.2, 0.25) is 0 Å². The van der Waals surface area contributed by atoms with Crippen molar-refractivity contribution < 1.29 is 19.2 Å². The Hall–Kier alpha value is -2.90. The standard InChI is InChI=1S/C17H22N4O4/c1-10(2)8-17(3)15(24)21(16(25)20-17)9-13(22)19-12-6-4-11(5-7-12)14(18)23/h4-7,10H,8-9H2,1-3H3,(H2,18,23)(H,19,22)(H,20,25)/t17-/m1/s1. The molecule has 0 saturated carbocycles. The number of hydrogen-bond acceptors (Lipinski definition) is 4. The van der Waals surface area contributed by atoms with E-state index in [2.05, 4.69) is 10.6 Å². The molecule has 8 heteroatoms. The molecule has 2 rings (SSSR count). The molecule has 4 N–H and O–H groups in total. The van der Waals surface area contributed by atoms with Crippen LogP contribution in [0.5, 0.6) is 0 Å². The molecule has 1 saturated heterocycles. The lowest BCUT2D eigenvalue weighted by atomic mass is 9.91. The topological polar surface area (TPSA) is 122 Å². The van der Waals surface area contributed by atoms with E-state index in [1.54, 1.807) is 6.92 Å².